The fourth-order valence-corrected chi connectivity index (χ4v) is 2.03. The van der Waals surface area contributed by atoms with Crippen molar-refractivity contribution in [2.24, 2.45) is 10.9 Å². The zero-order chi connectivity index (χ0) is 15.2. The third-order valence-corrected chi connectivity index (χ3v) is 3.40. The van der Waals surface area contributed by atoms with E-state index in [0.29, 0.717) is 21.3 Å². The largest absolute Gasteiger partial charge is 0.497 e. The second kappa shape index (κ2) is 6.90. The maximum atomic E-state index is 11.9. The van der Waals surface area contributed by atoms with E-state index in [1.54, 1.807) is 55.6 Å². The van der Waals surface area contributed by atoms with E-state index in [1.807, 2.05) is 0 Å². The molecule has 0 amide bonds. The molecule has 0 aromatic heterocycles. The van der Waals surface area contributed by atoms with Crippen LogP contribution in [0.3, 0.4) is 0 Å². The lowest BCUT2D eigenvalue weighted by Crippen LogP contribution is -2.15. The molecule has 0 aliphatic rings. The van der Waals surface area contributed by atoms with Crippen LogP contribution < -0.4 is 10.5 Å². The lowest BCUT2D eigenvalue weighted by Gasteiger charge is -2.04. The molecule has 0 saturated heterocycles. The lowest BCUT2D eigenvalue weighted by atomic mass is 10.2. The minimum atomic E-state index is -0.584. The summed E-state index contributed by atoms with van der Waals surface area (Å²) in [7, 11) is 1.58. The normalized spacial score (nSPS) is 11.0. The van der Waals surface area contributed by atoms with Crippen LogP contribution in [0.15, 0.2) is 58.2 Å². The van der Waals surface area contributed by atoms with Crippen LogP contribution in [0.4, 0.5) is 0 Å². The molecule has 0 atom stereocenters. The third kappa shape index (κ3) is 3.82. The first-order valence-electron chi connectivity index (χ1n) is 6.05. The van der Waals surface area contributed by atoms with Crippen LogP contribution in [0.5, 0.6) is 5.75 Å². The third-order valence-electron chi connectivity index (χ3n) is 2.71. The molecule has 0 saturated carbocycles. The average Bonchev–Trinajstić information content (AvgIpc) is 2.52. The number of carbonyl (C=O) groups is 1. The minimum Gasteiger partial charge on any atom is -0.497 e. The summed E-state index contributed by atoms with van der Waals surface area (Å²) < 4.78 is 5.68. The predicted molar refractivity (Wildman–Crippen MR) is 83.3 cm³/mol. The number of methoxy groups -OCH3 is 1. The molecule has 108 valence electrons. The van der Waals surface area contributed by atoms with Crippen molar-refractivity contribution in [2.45, 2.75) is 0 Å². The first-order chi connectivity index (χ1) is 10.1. The molecule has 2 N–H and O–H groups in total. The maximum absolute atomic E-state index is 11.9. The van der Waals surface area contributed by atoms with Gasteiger partial charge in [-0.2, -0.15) is 0 Å². The quantitative estimate of drug-likeness (QED) is 0.399. The van der Waals surface area contributed by atoms with E-state index >= 15 is 0 Å². The van der Waals surface area contributed by atoms with Crippen LogP contribution in [0.25, 0.3) is 0 Å². The van der Waals surface area contributed by atoms with Gasteiger partial charge in [0.05, 0.1) is 12.7 Å². The molecule has 0 spiro atoms. The molecule has 0 fully saturated rings. The van der Waals surface area contributed by atoms with Gasteiger partial charge >= 0.3 is 5.97 Å². The summed E-state index contributed by atoms with van der Waals surface area (Å²) in [5, 5.41) is 3.65. The Bertz CT molecular complexity index is 669. The van der Waals surface area contributed by atoms with Crippen molar-refractivity contribution in [1.82, 2.24) is 0 Å². The Labute approximate surface area is 130 Å². The number of oxime groups is 1. The highest BCUT2D eigenvalue weighted by atomic mass is 79.9. The van der Waals surface area contributed by atoms with E-state index in [2.05, 4.69) is 21.1 Å². The zero-order valence-corrected chi connectivity index (χ0v) is 12.8. The highest BCUT2D eigenvalue weighted by molar-refractivity contribution is 9.10. The molecule has 0 heterocycles. The number of rotatable bonds is 4. The van der Waals surface area contributed by atoms with Crippen molar-refractivity contribution in [2.75, 3.05) is 7.11 Å². The number of ether oxygens (including phenoxy) is 1. The predicted octanol–water partition coefficient (Wildman–Crippen LogP) is 2.94. The molecule has 5 nitrogen and oxygen atoms in total. The first kappa shape index (κ1) is 15.1. The average molecular weight is 349 g/mol. The molecule has 0 aliphatic carbocycles. The van der Waals surface area contributed by atoms with Crippen LogP contribution in [0.2, 0.25) is 0 Å². The second-order valence-corrected chi connectivity index (χ2v) is 4.92. The van der Waals surface area contributed by atoms with Gasteiger partial charge in [-0.1, -0.05) is 17.3 Å². The summed E-state index contributed by atoms with van der Waals surface area (Å²) in [6.45, 7) is 0. The number of hydrogen-bond donors (Lipinski definition) is 1. The van der Waals surface area contributed by atoms with Crippen LogP contribution >= 0.6 is 15.9 Å². The van der Waals surface area contributed by atoms with E-state index in [-0.39, 0.29) is 5.84 Å². The monoisotopic (exact) mass is 348 g/mol. The molecular formula is C15H13BrN2O3. The van der Waals surface area contributed by atoms with Crippen molar-refractivity contribution in [1.29, 1.82) is 0 Å². The van der Waals surface area contributed by atoms with E-state index in [0.717, 1.165) is 0 Å². The van der Waals surface area contributed by atoms with Crippen LogP contribution in [0.1, 0.15) is 15.9 Å². The number of hydrogen-bond acceptors (Lipinski definition) is 4. The minimum absolute atomic E-state index is 0.109. The Morgan fingerprint density at radius 3 is 2.43 bits per heavy atom. The molecule has 2 aromatic rings. The second-order valence-electron chi connectivity index (χ2n) is 4.06. The van der Waals surface area contributed by atoms with E-state index in [1.165, 1.54) is 0 Å². The number of carbonyl (C=O) groups excluding carboxylic acids is 1. The fourth-order valence-electron chi connectivity index (χ4n) is 1.58. The van der Waals surface area contributed by atoms with Crippen LogP contribution in [-0.2, 0) is 4.84 Å². The van der Waals surface area contributed by atoms with E-state index in [9.17, 15) is 4.79 Å². The molecule has 0 bridgehead atoms. The van der Waals surface area contributed by atoms with Gasteiger partial charge in [-0.05, 0) is 52.3 Å². The summed E-state index contributed by atoms with van der Waals surface area (Å²) in [5.74, 6) is 0.230. The number of halogens is 1. The van der Waals surface area contributed by atoms with Crippen molar-refractivity contribution < 1.29 is 14.4 Å². The van der Waals surface area contributed by atoms with Gasteiger partial charge in [0.1, 0.15) is 5.75 Å². The van der Waals surface area contributed by atoms with Gasteiger partial charge in [-0.3, -0.25) is 0 Å². The Kier molecular flexibility index (Phi) is 4.94. The smallest absolute Gasteiger partial charge is 0.366 e. The van der Waals surface area contributed by atoms with Gasteiger partial charge in [0.2, 0.25) is 0 Å². The number of nitrogens with zero attached hydrogens (tertiary/aromatic N) is 1. The maximum Gasteiger partial charge on any atom is 0.366 e. The molecule has 0 radical (unpaired) electrons. The molecule has 6 heteroatoms. The summed E-state index contributed by atoms with van der Waals surface area (Å²) in [6, 6.07) is 13.8. The Hall–Kier alpha value is -2.34. The van der Waals surface area contributed by atoms with Crippen molar-refractivity contribution in [3.05, 3.63) is 64.1 Å². The summed E-state index contributed by atoms with van der Waals surface area (Å²) in [5.41, 5.74) is 6.78. The highest BCUT2D eigenvalue weighted by Crippen LogP contribution is 2.17. The molecule has 0 aliphatic heterocycles. The number of benzene rings is 2. The highest BCUT2D eigenvalue weighted by Gasteiger charge is 2.11. The summed E-state index contributed by atoms with van der Waals surface area (Å²) >= 11 is 3.27. The summed E-state index contributed by atoms with van der Waals surface area (Å²) in [4.78, 5) is 16.7. The van der Waals surface area contributed by atoms with Crippen molar-refractivity contribution in [3.8, 4) is 5.75 Å². The van der Waals surface area contributed by atoms with E-state index < -0.39 is 5.97 Å². The van der Waals surface area contributed by atoms with Crippen molar-refractivity contribution in [3.63, 3.8) is 0 Å². The Morgan fingerprint density at radius 2 is 1.81 bits per heavy atom. The fraction of sp³-hybridized carbons (Fsp3) is 0.0667. The molecule has 2 aromatic carbocycles. The first-order valence-corrected chi connectivity index (χ1v) is 6.85. The standard InChI is InChI=1S/C15H13BrN2O3/c1-20-11-8-6-10(7-9-11)14(17)18-21-15(19)12-4-2-3-5-13(12)16/h2-9H,1H3,(H2,17,18). The van der Waals surface area contributed by atoms with Crippen molar-refractivity contribution >= 4 is 27.7 Å². The Balaban J connectivity index is 2.09. The number of amidine groups is 1. The zero-order valence-electron chi connectivity index (χ0n) is 11.2. The van der Waals surface area contributed by atoms with Gasteiger partial charge in [-0.25, -0.2) is 4.79 Å². The topological polar surface area (TPSA) is 73.9 Å². The molecule has 21 heavy (non-hydrogen) atoms. The Morgan fingerprint density at radius 1 is 1.14 bits per heavy atom. The van der Waals surface area contributed by atoms with Gasteiger partial charge in [-0.15, -0.1) is 0 Å². The lowest BCUT2D eigenvalue weighted by molar-refractivity contribution is 0.0515. The molecule has 0 unspecified atom stereocenters. The molecular weight excluding hydrogens is 336 g/mol. The molecule has 2 rings (SSSR count). The summed E-state index contributed by atoms with van der Waals surface area (Å²) in [6.07, 6.45) is 0. The van der Waals surface area contributed by atoms with Gasteiger partial charge in [0, 0.05) is 10.0 Å². The van der Waals surface area contributed by atoms with Gasteiger partial charge in [0.25, 0.3) is 0 Å². The SMILES string of the molecule is COc1ccc(C(N)=NOC(=O)c2ccccc2Br)cc1. The van der Waals surface area contributed by atoms with E-state index in [4.69, 9.17) is 15.3 Å². The van der Waals surface area contributed by atoms with Crippen LogP contribution in [0, 0.1) is 0 Å². The van der Waals surface area contributed by atoms with Gasteiger partial charge < -0.3 is 15.3 Å². The number of nitrogens with two attached hydrogens (primary N) is 1. The van der Waals surface area contributed by atoms with Crippen LogP contribution in [-0.4, -0.2) is 18.9 Å². The van der Waals surface area contributed by atoms with Gasteiger partial charge in [0.15, 0.2) is 5.84 Å².